The largest absolute Gasteiger partial charge is 0.330 e. The van der Waals surface area contributed by atoms with Crippen molar-refractivity contribution in [2.45, 2.75) is 39.2 Å². The molecule has 0 aliphatic heterocycles. The quantitative estimate of drug-likeness (QED) is 0.674. The molecule has 0 saturated carbocycles. The molecule has 0 spiro atoms. The van der Waals surface area contributed by atoms with Crippen LogP contribution in [0.5, 0.6) is 0 Å². The molecule has 0 aliphatic carbocycles. The first-order valence-corrected chi connectivity index (χ1v) is 7.96. The Morgan fingerprint density at radius 3 is 2.76 bits per heavy atom. The normalized spacial score (nSPS) is 12.9. The average Bonchev–Trinajstić information content (AvgIpc) is 2.82. The van der Waals surface area contributed by atoms with E-state index in [-0.39, 0.29) is 5.78 Å². The van der Waals surface area contributed by atoms with E-state index in [0.717, 1.165) is 25.8 Å². The van der Waals surface area contributed by atoms with Gasteiger partial charge in [0.1, 0.15) is 5.69 Å². The molecule has 21 heavy (non-hydrogen) atoms. The summed E-state index contributed by atoms with van der Waals surface area (Å²) in [6, 6.07) is 0. The first kappa shape index (κ1) is 18.1. The molecule has 1 aromatic heterocycles. The fourth-order valence-corrected chi connectivity index (χ4v) is 2.59. The number of hydrogen-bond donors (Lipinski definition) is 1. The van der Waals surface area contributed by atoms with Crippen molar-refractivity contribution in [3.8, 4) is 0 Å². The summed E-state index contributed by atoms with van der Waals surface area (Å²) in [5, 5.41) is 4.66. The van der Waals surface area contributed by atoms with Gasteiger partial charge in [0.25, 0.3) is 0 Å². The molecule has 6 heteroatoms. The third kappa shape index (κ3) is 5.77. The number of ketones is 1. The summed E-state index contributed by atoms with van der Waals surface area (Å²) in [6.07, 6.45) is 4.95. The molecule has 0 amide bonds. The SMILES string of the molecule is CCC(CCN)CCC(=O)c1c(Cl)cnn1CCN(C)C. The number of hydrogen-bond acceptors (Lipinski definition) is 4. The van der Waals surface area contributed by atoms with Crippen molar-refractivity contribution in [1.82, 2.24) is 14.7 Å². The van der Waals surface area contributed by atoms with E-state index in [2.05, 4.69) is 16.9 Å². The number of carbonyl (C=O) groups is 1. The molecule has 0 radical (unpaired) electrons. The van der Waals surface area contributed by atoms with Crippen molar-refractivity contribution in [2.24, 2.45) is 11.7 Å². The molecule has 0 aliphatic rings. The second-order valence-electron chi connectivity index (χ2n) is 5.68. The Bertz CT molecular complexity index is 445. The molecular formula is C15H27ClN4O. The van der Waals surface area contributed by atoms with E-state index in [1.54, 1.807) is 10.9 Å². The monoisotopic (exact) mass is 314 g/mol. The number of nitrogens with two attached hydrogens (primary N) is 1. The highest BCUT2D eigenvalue weighted by atomic mass is 35.5. The van der Waals surface area contributed by atoms with Gasteiger partial charge in [0.05, 0.1) is 17.8 Å². The minimum atomic E-state index is 0.0757. The number of likely N-dealkylation sites (N-methyl/N-ethyl adjacent to an activating group) is 1. The zero-order valence-electron chi connectivity index (χ0n) is 13.3. The summed E-state index contributed by atoms with van der Waals surface area (Å²) in [6.45, 7) is 4.30. The Hall–Kier alpha value is -0.910. The molecule has 0 fully saturated rings. The number of carbonyl (C=O) groups excluding carboxylic acids is 1. The minimum Gasteiger partial charge on any atom is -0.330 e. The molecule has 0 bridgehead atoms. The minimum absolute atomic E-state index is 0.0757. The van der Waals surface area contributed by atoms with Crippen molar-refractivity contribution in [3.05, 3.63) is 16.9 Å². The third-order valence-corrected chi connectivity index (χ3v) is 4.03. The molecule has 2 N–H and O–H groups in total. The van der Waals surface area contributed by atoms with Gasteiger partial charge in [0.2, 0.25) is 0 Å². The van der Waals surface area contributed by atoms with E-state index < -0.39 is 0 Å². The summed E-state index contributed by atoms with van der Waals surface area (Å²) < 4.78 is 1.72. The van der Waals surface area contributed by atoms with Crippen LogP contribution in [0, 0.1) is 5.92 Å². The summed E-state index contributed by atoms with van der Waals surface area (Å²) in [5.74, 6) is 0.586. The molecule has 1 unspecified atom stereocenters. The second-order valence-corrected chi connectivity index (χ2v) is 6.09. The van der Waals surface area contributed by atoms with Gasteiger partial charge in [-0.1, -0.05) is 24.9 Å². The summed E-state index contributed by atoms with van der Waals surface area (Å²) in [7, 11) is 3.98. The Labute approximate surface area is 132 Å². The van der Waals surface area contributed by atoms with Crippen LogP contribution in [0.25, 0.3) is 0 Å². The predicted molar refractivity (Wildman–Crippen MR) is 86.8 cm³/mol. The van der Waals surface area contributed by atoms with Gasteiger partial charge in [-0.3, -0.25) is 9.48 Å². The Morgan fingerprint density at radius 2 is 2.19 bits per heavy atom. The van der Waals surface area contributed by atoms with Gasteiger partial charge in [0, 0.05) is 13.0 Å². The lowest BCUT2D eigenvalue weighted by molar-refractivity contribution is 0.0961. The zero-order valence-corrected chi connectivity index (χ0v) is 14.1. The Morgan fingerprint density at radius 1 is 1.48 bits per heavy atom. The van der Waals surface area contributed by atoms with Crippen molar-refractivity contribution < 1.29 is 4.79 Å². The van der Waals surface area contributed by atoms with Crippen LogP contribution in [0.15, 0.2) is 6.20 Å². The number of aromatic nitrogens is 2. The second kappa shape index (κ2) is 9.18. The van der Waals surface area contributed by atoms with Gasteiger partial charge < -0.3 is 10.6 Å². The summed E-state index contributed by atoms with van der Waals surface area (Å²) in [4.78, 5) is 14.5. The molecule has 5 nitrogen and oxygen atoms in total. The Balaban J connectivity index is 2.66. The van der Waals surface area contributed by atoms with Crippen LogP contribution < -0.4 is 5.73 Å². The van der Waals surface area contributed by atoms with Crippen LogP contribution >= 0.6 is 11.6 Å². The van der Waals surface area contributed by atoms with Crippen molar-refractivity contribution in [1.29, 1.82) is 0 Å². The summed E-state index contributed by atoms with van der Waals surface area (Å²) >= 11 is 6.13. The molecule has 1 rings (SSSR count). The lowest BCUT2D eigenvalue weighted by Gasteiger charge is -2.14. The molecule has 0 saturated heterocycles. The number of rotatable bonds is 10. The van der Waals surface area contributed by atoms with E-state index in [1.807, 2.05) is 14.1 Å². The van der Waals surface area contributed by atoms with Crippen molar-refractivity contribution in [3.63, 3.8) is 0 Å². The first-order valence-electron chi connectivity index (χ1n) is 7.58. The van der Waals surface area contributed by atoms with Crippen LogP contribution in [0.2, 0.25) is 5.02 Å². The molecule has 120 valence electrons. The van der Waals surface area contributed by atoms with E-state index in [9.17, 15) is 4.79 Å². The molecule has 1 heterocycles. The Kier molecular flexibility index (Phi) is 7.93. The van der Waals surface area contributed by atoms with Crippen molar-refractivity contribution in [2.75, 3.05) is 27.2 Å². The van der Waals surface area contributed by atoms with E-state index >= 15 is 0 Å². The third-order valence-electron chi connectivity index (χ3n) is 3.75. The lowest BCUT2D eigenvalue weighted by atomic mass is 9.95. The lowest BCUT2D eigenvalue weighted by Crippen LogP contribution is -2.21. The van der Waals surface area contributed by atoms with Crippen LogP contribution in [0.4, 0.5) is 0 Å². The highest BCUT2D eigenvalue weighted by Gasteiger charge is 2.18. The molecular weight excluding hydrogens is 288 g/mol. The fourth-order valence-electron chi connectivity index (χ4n) is 2.35. The van der Waals surface area contributed by atoms with Gasteiger partial charge in [-0.05, 0) is 39.4 Å². The molecule has 1 atom stereocenters. The van der Waals surface area contributed by atoms with Gasteiger partial charge in [-0.25, -0.2) is 0 Å². The maximum atomic E-state index is 12.4. The van der Waals surface area contributed by atoms with E-state index in [0.29, 0.717) is 36.1 Å². The van der Waals surface area contributed by atoms with Gasteiger partial charge in [-0.2, -0.15) is 5.10 Å². The number of nitrogens with zero attached hydrogens (tertiary/aromatic N) is 3. The standard InChI is InChI=1S/C15H27ClN4O/c1-4-12(7-8-17)5-6-14(21)15-13(16)11-18-20(15)10-9-19(2)3/h11-12H,4-10,17H2,1-3H3. The van der Waals surface area contributed by atoms with Gasteiger partial charge in [0.15, 0.2) is 5.78 Å². The average molecular weight is 315 g/mol. The van der Waals surface area contributed by atoms with Crippen LogP contribution in [0.1, 0.15) is 43.1 Å². The number of halogens is 1. The highest BCUT2D eigenvalue weighted by Crippen LogP contribution is 2.21. The smallest absolute Gasteiger partial charge is 0.182 e. The maximum Gasteiger partial charge on any atom is 0.182 e. The topological polar surface area (TPSA) is 64.2 Å². The van der Waals surface area contributed by atoms with Crippen molar-refractivity contribution >= 4 is 17.4 Å². The van der Waals surface area contributed by atoms with E-state index in [1.165, 1.54) is 0 Å². The first-order chi connectivity index (χ1) is 9.99. The van der Waals surface area contributed by atoms with Crippen LogP contribution in [-0.2, 0) is 6.54 Å². The zero-order chi connectivity index (χ0) is 15.8. The van der Waals surface area contributed by atoms with Gasteiger partial charge in [-0.15, -0.1) is 0 Å². The molecule has 0 aromatic carbocycles. The number of Topliss-reactive ketones (excluding diaryl/α,β-unsaturated/α-hetero) is 1. The fraction of sp³-hybridized carbons (Fsp3) is 0.733. The maximum absolute atomic E-state index is 12.4. The predicted octanol–water partition coefficient (Wildman–Crippen LogP) is 2.44. The van der Waals surface area contributed by atoms with E-state index in [4.69, 9.17) is 17.3 Å². The molecule has 1 aromatic rings. The van der Waals surface area contributed by atoms with Crippen LogP contribution in [0.3, 0.4) is 0 Å². The summed E-state index contributed by atoms with van der Waals surface area (Å²) in [5.41, 5.74) is 6.14. The van der Waals surface area contributed by atoms with Gasteiger partial charge >= 0.3 is 0 Å². The highest BCUT2D eigenvalue weighted by molar-refractivity contribution is 6.33. The van der Waals surface area contributed by atoms with Crippen LogP contribution in [-0.4, -0.2) is 47.6 Å².